The molecule has 5 rings (SSSR count). The maximum atomic E-state index is 13.8. The number of amides is 1. The second kappa shape index (κ2) is 9.79. The van der Waals surface area contributed by atoms with Crippen molar-refractivity contribution in [3.8, 4) is 22.9 Å². The Balaban J connectivity index is 1.45. The summed E-state index contributed by atoms with van der Waals surface area (Å²) in [5.41, 5.74) is 2.43. The quantitative estimate of drug-likeness (QED) is 0.339. The first-order chi connectivity index (χ1) is 17.1. The van der Waals surface area contributed by atoms with E-state index in [1.165, 1.54) is 4.80 Å². The number of hydrogen-bond acceptors (Lipinski definition) is 7. The van der Waals surface area contributed by atoms with Gasteiger partial charge in [-0.2, -0.15) is 4.80 Å². The molecule has 2 heterocycles. The Hall–Kier alpha value is -3.85. The van der Waals surface area contributed by atoms with E-state index in [9.17, 15) is 4.79 Å². The summed E-state index contributed by atoms with van der Waals surface area (Å²) in [7, 11) is 0. The topological polar surface area (TPSA) is 82.4 Å². The van der Waals surface area contributed by atoms with Crippen LogP contribution in [-0.2, 0) is 4.79 Å². The van der Waals surface area contributed by atoms with Crippen LogP contribution in [0.2, 0.25) is 0 Å². The molecule has 178 valence electrons. The third-order valence-electron chi connectivity index (χ3n) is 5.59. The lowest BCUT2D eigenvalue weighted by molar-refractivity contribution is -0.121. The van der Waals surface area contributed by atoms with Gasteiger partial charge in [0.1, 0.15) is 6.04 Å². The maximum absolute atomic E-state index is 13.8. The highest BCUT2D eigenvalue weighted by Crippen LogP contribution is 2.48. The van der Waals surface area contributed by atoms with Gasteiger partial charge < -0.3 is 9.47 Å². The average molecular weight is 488 g/mol. The van der Waals surface area contributed by atoms with E-state index in [1.807, 2.05) is 80.6 Å². The van der Waals surface area contributed by atoms with E-state index < -0.39 is 6.04 Å². The number of ether oxygens (including phenoxy) is 2. The number of benzene rings is 3. The molecule has 1 aromatic heterocycles. The Morgan fingerprint density at radius 1 is 0.914 bits per heavy atom. The van der Waals surface area contributed by atoms with Crippen molar-refractivity contribution >= 4 is 29.0 Å². The standard InChI is InChI=1S/C26H25N5O3S/c1-4-33-21-15-14-18(16-22(21)34-5-2)25-27-29-31(28-25)17(3)26(32)30-19-10-6-8-12-23(19)35-24-13-9-7-11-20(24)30/h6-17H,4-5H2,1-3H3/t17-/m1/s1. The van der Waals surface area contributed by atoms with Gasteiger partial charge >= 0.3 is 0 Å². The van der Waals surface area contributed by atoms with E-state index in [0.29, 0.717) is 30.5 Å². The van der Waals surface area contributed by atoms with Crippen LogP contribution in [0.25, 0.3) is 11.4 Å². The van der Waals surface area contributed by atoms with Crippen LogP contribution >= 0.6 is 11.8 Å². The summed E-state index contributed by atoms with van der Waals surface area (Å²) in [5, 5.41) is 12.9. The van der Waals surface area contributed by atoms with Crippen LogP contribution in [0.4, 0.5) is 11.4 Å². The number of fused-ring (bicyclic) bond motifs is 2. The highest BCUT2D eigenvalue weighted by atomic mass is 32.2. The number of carbonyl (C=O) groups excluding carboxylic acids is 1. The zero-order valence-electron chi connectivity index (χ0n) is 19.7. The number of para-hydroxylation sites is 2. The second-order valence-electron chi connectivity index (χ2n) is 7.85. The fourth-order valence-electron chi connectivity index (χ4n) is 3.92. The van der Waals surface area contributed by atoms with Crippen molar-refractivity contribution < 1.29 is 14.3 Å². The lowest BCUT2D eigenvalue weighted by Gasteiger charge is -2.32. The van der Waals surface area contributed by atoms with Crippen LogP contribution in [0.1, 0.15) is 26.8 Å². The predicted octanol–water partition coefficient (Wildman–Crippen LogP) is 5.53. The fourth-order valence-corrected chi connectivity index (χ4v) is 4.98. The minimum Gasteiger partial charge on any atom is -0.490 e. The van der Waals surface area contributed by atoms with Crippen LogP contribution in [-0.4, -0.2) is 39.3 Å². The molecule has 0 bridgehead atoms. The molecule has 0 saturated heterocycles. The molecular weight excluding hydrogens is 462 g/mol. The van der Waals surface area contributed by atoms with Gasteiger partial charge in [0.25, 0.3) is 5.91 Å². The molecule has 0 unspecified atom stereocenters. The number of carbonyl (C=O) groups is 1. The summed E-state index contributed by atoms with van der Waals surface area (Å²) in [6.45, 7) is 6.66. The zero-order valence-corrected chi connectivity index (χ0v) is 20.5. The molecule has 1 amide bonds. The molecule has 0 fully saturated rings. The van der Waals surface area contributed by atoms with Crippen molar-refractivity contribution in [2.75, 3.05) is 18.1 Å². The number of aromatic nitrogens is 4. The Morgan fingerprint density at radius 3 is 2.20 bits per heavy atom. The number of rotatable bonds is 7. The van der Waals surface area contributed by atoms with Crippen LogP contribution in [0, 0.1) is 0 Å². The molecule has 0 aliphatic carbocycles. The van der Waals surface area contributed by atoms with Gasteiger partial charge in [0.2, 0.25) is 5.82 Å². The van der Waals surface area contributed by atoms with E-state index in [1.54, 1.807) is 23.6 Å². The summed E-state index contributed by atoms with van der Waals surface area (Å²) in [6, 6.07) is 20.6. The van der Waals surface area contributed by atoms with Gasteiger partial charge in [0, 0.05) is 15.4 Å². The van der Waals surface area contributed by atoms with E-state index in [4.69, 9.17) is 9.47 Å². The second-order valence-corrected chi connectivity index (χ2v) is 8.93. The van der Waals surface area contributed by atoms with Crippen LogP contribution in [0.5, 0.6) is 11.5 Å². The molecule has 0 spiro atoms. The first-order valence-electron chi connectivity index (χ1n) is 11.5. The van der Waals surface area contributed by atoms with Crippen LogP contribution in [0.15, 0.2) is 76.5 Å². The number of hydrogen-bond donors (Lipinski definition) is 0. The van der Waals surface area contributed by atoms with E-state index >= 15 is 0 Å². The summed E-state index contributed by atoms with van der Waals surface area (Å²) in [6.07, 6.45) is 0. The lowest BCUT2D eigenvalue weighted by atomic mass is 10.2. The van der Waals surface area contributed by atoms with Crippen LogP contribution in [0.3, 0.4) is 0 Å². The van der Waals surface area contributed by atoms with Crippen molar-refractivity contribution in [1.29, 1.82) is 0 Å². The zero-order chi connectivity index (χ0) is 24.4. The number of anilines is 2. The molecule has 0 saturated carbocycles. The maximum Gasteiger partial charge on any atom is 0.258 e. The SMILES string of the molecule is CCOc1ccc(-c2nnn([C@H](C)C(=O)N3c4ccccc4Sc4ccccc43)n2)cc1OCC. The van der Waals surface area contributed by atoms with Gasteiger partial charge in [0.15, 0.2) is 11.5 Å². The first kappa shape index (κ1) is 22.9. The molecule has 3 aromatic carbocycles. The summed E-state index contributed by atoms with van der Waals surface area (Å²) < 4.78 is 11.4. The van der Waals surface area contributed by atoms with E-state index in [2.05, 4.69) is 15.4 Å². The van der Waals surface area contributed by atoms with Gasteiger partial charge in [-0.3, -0.25) is 9.69 Å². The van der Waals surface area contributed by atoms with Gasteiger partial charge in [-0.05, 0) is 68.4 Å². The molecule has 1 atom stereocenters. The smallest absolute Gasteiger partial charge is 0.258 e. The minimum absolute atomic E-state index is 0.143. The predicted molar refractivity (Wildman–Crippen MR) is 134 cm³/mol. The Morgan fingerprint density at radius 2 is 1.54 bits per heavy atom. The molecule has 1 aliphatic heterocycles. The van der Waals surface area contributed by atoms with Gasteiger partial charge in [-0.25, -0.2) is 0 Å². The summed E-state index contributed by atoms with van der Waals surface area (Å²) >= 11 is 1.66. The Bertz CT molecular complexity index is 1330. The van der Waals surface area contributed by atoms with Crippen molar-refractivity contribution in [2.45, 2.75) is 36.6 Å². The third kappa shape index (κ3) is 4.35. The molecule has 1 aliphatic rings. The molecular formula is C26H25N5O3S. The van der Waals surface area contributed by atoms with E-state index in [0.717, 1.165) is 26.7 Å². The summed E-state index contributed by atoms with van der Waals surface area (Å²) in [4.78, 5) is 18.9. The number of tetrazole rings is 1. The average Bonchev–Trinajstić information content (AvgIpc) is 3.38. The first-order valence-corrected chi connectivity index (χ1v) is 12.3. The van der Waals surface area contributed by atoms with E-state index in [-0.39, 0.29) is 5.91 Å². The third-order valence-corrected chi connectivity index (χ3v) is 6.72. The lowest BCUT2D eigenvalue weighted by Crippen LogP contribution is -2.35. The Kier molecular flexibility index (Phi) is 6.41. The molecule has 0 N–H and O–H groups in total. The highest BCUT2D eigenvalue weighted by molar-refractivity contribution is 7.99. The van der Waals surface area contributed by atoms with Gasteiger partial charge in [0.05, 0.1) is 24.6 Å². The molecule has 4 aromatic rings. The molecule has 0 radical (unpaired) electrons. The van der Waals surface area contributed by atoms with Crippen molar-refractivity contribution in [1.82, 2.24) is 20.2 Å². The fraction of sp³-hybridized carbons (Fsp3) is 0.231. The van der Waals surface area contributed by atoms with Crippen molar-refractivity contribution in [3.05, 3.63) is 66.7 Å². The molecule has 9 heteroatoms. The highest BCUT2D eigenvalue weighted by Gasteiger charge is 2.32. The monoisotopic (exact) mass is 487 g/mol. The molecule has 35 heavy (non-hydrogen) atoms. The Labute approximate surface area is 207 Å². The van der Waals surface area contributed by atoms with Crippen molar-refractivity contribution in [3.63, 3.8) is 0 Å². The van der Waals surface area contributed by atoms with Gasteiger partial charge in [-0.1, -0.05) is 36.0 Å². The van der Waals surface area contributed by atoms with Gasteiger partial charge in [-0.15, -0.1) is 10.2 Å². The van der Waals surface area contributed by atoms with Crippen LogP contribution < -0.4 is 14.4 Å². The minimum atomic E-state index is -0.672. The largest absolute Gasteiger partial charge is 0.490 e. The van der Waals surface area contributed by atoms with Crippen molar-refractivity contribution in [2.24, 2.45) is 0 Å². The summed E-state index contributed by atoms with van der Waals surface area (Å²) in [5.74, 6) is 1.54. The normalized spacial score (nSPS) is 13.1. The number of nitrogens with zero attached hydrogens (tertiary/aromatic N) is 5. The molecule has 8 nitrogen and oxygen atoms in total.